The number of carbonyl (C=O) groups is 2. The Morgan fingerprint density at radius 2 is 1.59 bits per heavy atom. The first-order valence-corrected chi connectivity index (χ1v) is 13.7. The first kappa shape index (κ1) is 27.7. The lowest BCUT2D eigenvalue weighted by Gasteiger charge is -2.31. The summed E-state index contributed by atoms with van der Waals surface area (Å²) in [5, 5.41) is 3.42. The molecule has 2 aromatic carbocycles. The van der Waals surface area contributed by atoms with E-state index in [4.69, 9.17) is 11.6 Å². The first-order chi connectivity index (χ1) is 16.1. The molecule has 0 aliphatic carbocycles. The molecule has 0 spiro atoms. The van der Waals surface area contributed by atoms with Crippen molar-refractivity contribution in [1.29, 1.82) is 0 Å². The van der Waals surface area contributed by atoms with E-state index in [1.807, 2.05) is 26.0 Å². The maximum atomic E-state index is 13.5. The van der Waals surface area contributed by atoms with E-state index in [9.17, 15) is 18.0 Å². The Labute approximate surface area is 208 Å². The lowest BCUT2D eigenvalue weighted by Crippen LogP contribution is -2.51. The molecule has 0 unspecified atom stereocenters. The van der Waals surface area contributed by atoms with Gasteiger partial charge in [0, 0.05) is 18.1 Å². The largest absolute Gasteiger partial charge is 0.354 e. The van der Waals surface area contributed by atoms with Crippen LogP contribution < -0.4 is 9.62 Å². The zero-order valence-corrected chi connectivity index (χ0v) is 21.8. The maximum absolute atomic E-state index is 13.5. The number of rotatable bonds is 12. The summed E-state index contributed by atoms with van der Waals surface area (Å²) in [6.45, 7) is 5.93. The average molecular weight is 508 g/mol. The molecule has 0 bridgehead atoms. The predicted molar refractivity (Wildman–Crippen MR) is 137 cm³/mol. The van der Waals surface area contributed by atoms with Gasteiger partial charge in [0.25, 0.3) is 0 Å². The van der Waals surface area contributed by atoms with Crippen molar-refractivity contribution in [2.45, 2.75) is 52.6 Å². The van der Waals surface area contributed by atoms with Gasteiger partial charge in [0.15, 0.2) is 0 Å². The van der Waals surface area contributed by atoms with E-state index >= 15 is 0 Å². The summed E-state index contributed by atoms with van der Waals surface area (Å²) in [6, 6.07) is 13.3. The zero-order chi connectivity index (χ0) is 25.3. The minimum Gasteiger partial charge on any atom is -0.354 e. The smallest absolute Gasteiger partial charge is 0.244 e. The van der Waals surface area contributed by atoms with Gasteiger partial charge in [0.1, 0.15) is 12.6 Å². The Morgan fingerprint density at radius 3 is 2.12 bits per heavy atom. The van der Waals surface area contributed by atoms with Gasteiger partial charge in [-0.25, -0.2) is 8.42 Å². The van der Waals surface area contributed by atoms with Crippen molar-refractivity contribution >= 4 is 39.1 Å². The molecule has 0 saturated carbocycles. The fraction of sp³-hybridized carbons (Fsp3) is 0.440. The third-order valence-electron chi connectivity index (χ3n) is 5.57. The van der Waals surface area contributed by atoms with Crippen LogP contribution in [0.15, 0.2) is 48.5 Å². The van der Waals surface area contributed by atoms with Crippen LogP contribution in [-0.4, -0.2) is 50.5 Å². The molecule has 0 saturated heterocycles. The molecule has 0 aliphatic heterocycles. The van der Waals surface area contributed by atoms with Crippen LogP contribution in [0.1, 0.15) is 44.7 Å². The molecule has 186 valence electrons. The van der Waals surface area contributed by atoms with E-state index in [0.29, 0.717) is 17.3 Å². The molecule has 1 N–H and O–H groups in total. The lowest BCUT2D eigenvalue weighted by molar-refractivity contribution is -0.139. The van der Waals surface area contributed by atoms with Crippen molar-refractivity contribution in [2.75, 3.05) is 23.7 Å². The second-order valence-corrected chi connectivity index (χ2v) is 10.6. The van der Waals surface area contributed by atoms with Crippen LogP contribution in [0, 0.1) is 0 Å². The van der Waals surface area contributed by atoms with Crippen LogP contribution in [0.25, 0.3) is 0 Å². The zero-order valence-electron chi connectivity index (χ0n) is 20.3. The highest BCUT2D eigenvalue weighted by Gasteiger charge is 2.30. The number of halogens is 1. The number of nitrogens with one attached hydrogen (secondary N) is 1. The van der Waals surface area contributed by atoms with Gasteiger partial charge in [-0.05, 0) is 55.2 Å². The first-order valence-electron chi connectivity index (χ1n) is 11.4. The van der Waals surface area contributed by atoms with Crippen LogP contribution >= 0.6 is 11.6 Å². The Bertz CT molecular complexity index is 1060. The normalized spacial score (nSPS) is 12.1. The molecule has 0 aliphatic rings. The van der Waals surface area contributed by atoms with Crippen LogP contribution in [0.2, 0.25) is 5.02 Å². The van der Waals surface area contributed by atoms with E-state index in [0.717, 1.165) is 41.0 Å². The van der Waals surface area contributed by atoms with E-state index in [2.05, 4.69) is 5.32 Å². The Balaban J connectivity index is 2.32. The fourth-order valence-electron chi connectivity index (χ4n) is 3.42. The summed E-state index contributed by atoms with van der Waals surface area (Å²) >= 11 is 5.99. The molecule has 34 heavy (non-hydrogen) atoms. The predicted octanol–water partition coefficient (Wildman–Crippen LogP) is 4.00. The number of sulfonamides is 1. The topological polar surface area (TPSA) is 86.8 Å². The number of hydrogen-bond acceptors (Lipinski definition) is 4. The van der Waals surface area contributed by atoms with Crippen molar-refractivity contribution in [3.05, 3.63) is 64.7 Å². The van der Waals surface area contributed by atoms with Crippen LogP contribution in [0.3, 0.4) is 0 Å². The minimum atomic E-state index is -3.74. The minimum absolute atomic E-state index is 0.144. The second kappa shape index (κ2) is 12.8. The van der Waals surface area contributed by atoms with Gasteiger partial charge in [-0.1, -0.05) is 56.1 Å². The van der Waals surface area contributed by atoms with Crippen molar-refractivity contribution in [2.24, 2.45) is 0 Å². The number of anilines is 1. The molecule has 0 aromatic heterocycles. The molecule has 2 amide bonds. The highest BCUT2D eigenvalue weighted by atomic mass is 35.5. The molecule has 9 heteroatoms. The number of benzene rings is 2. The van der Waals surface area contributed by atoms with Crippen molar-refractivity contribution in [3.63, 3.8) is 0 Å². The number of hydrogen-bond donors (Lipinski definition) is 1. The summed E-state index contributed by atoms with van der Waals surface area (Å²) in [7, 11) is -3.74. The summed E-state index contributed by atoms with van der Waals surface area (Å²) in [6.07, 6.45) is 3.65. The van der Waals surface area contributed by atoms with Gasteiger partial charge in [-0.15, -0.1) is 0 Å². The standard InChI is InChI=1S/C25H34ClN3O4S/c1-5-7-16-27-25(31)19(3)28(17-21-8-12-22(26)13-9-21)24(30)18-29(34(4,32)33)23-14-10-20(6-2)11-15-23/h8-15,19H,5-7,16-18H2,1-4H3,(H,27,31)/t19-/m1/s1. The van der Waals surface area contributed by atoms with E-state index in [1.165, 1.54) is 4.90 Å². The monoisotopic (exact) mass is 507 g/mol. The van der Waals surface area contributed by atoms with Gasteiger partial charge >= 0.3 is 0 Å². The Morgan fingerprint density at radius 1 is 1.00 bits per heavy atom. The lowest BCUT2D eigenvalue weighted by atomic mass is 10.1. The third kappa shape index (κ3) is 8.02. The molecule has 2 aromatic rings. The molecule has 2 rings (SSSR count). The number of unbranched alkanes of at least 4 members (excludes halogenated alkanes) is 1. The SMILES string of the molecule is CCCCNC(=O)[C@@H](C)N(Cc1ccc(Cl)cc1)C(=O)CN(c1ccc(CC)cc1)S(C)(=O)=O. The fourth-order valence-corrected chi connectivity index (χ4v) is 4.39. The van der Waals surface area contributed by atoms with Gasteiger partial charge in [0.2, 0.25) is 21.8 Å². The highest BCUT2D eigenvalue weighted by Crippen LogP contribution is 2.20. The molecule has 0 radical (unpaired) electrons. The molecule has 0 heterocycles. The average Bonchev–Trinajstić information content (AvgIpc) is 2.81. The third-order valence-corrected chi connectivity index (χ3v) is 6.97. The van der Waals surface area contributed by atoms with Crippen LogP contribution in [0.4, 0.5) is 5.69 Å². The van der Waals surface area contributed by atoms with Gasteiger partial charge in [-0.3, -0.25) is 13.9 Å². The number of amides is 2. The number of carbonyl (C=O) groups excluding carboxylic acids is 2. The Hall–Kier alpha value is -2.58. The summed E-state index contributed by atoms with van der Waals surface area (Å²) in [5.74, 6) is -0.757. The maximum Gasteiger partial charge on any atom is 0.244 e. The summed E-state index contributed by atoms with van der Waals surface area (Å²) in [5.41, 5.74) is 2.24. The van der Waals surface area contributed by atoms with E-state index in [-0.39, 0.29) is 12.5 Å². The molecular formula is C25H34ClN3O4S. The van der Waals surface area contributed by atoms with E-state index < -0.39 is 28.5 Å². The van der Waals surface area contributed by atoms with Crippen molar-refractivity contribution < 1.29 is 18.0 Å². The highest BCUT2D eigenvalue weighted by molar-refractivity contribution is 7.92. The van der Waals surface area contributed by atoms with Gasteiger partial charge < -0.3 is 10.2 Å². The number of nitrogens with zero attached hydrogens (tertiary/aromatic N) is 2. The molecular weight excluding hydrogens is 474 g/mol. The van der Waals surface area contributed by atoms with Crippen molar-refractivity contribution in [3.8, 4) is 0 Å². The van der Waals surface area contributed by atoms with Crippen LogP contribution in [-0.2, 0) is 32.6 Å². The van der Waals surface area contributed by atoms with Gasteiger partial charge in [-0.2, -0.15) is 0 Å². The quantitative estimate of drug-likeness (QED) is 0.440. The Kier molecular flexibility index (Phi) is 10.4. The summed E-state index contributed by atoms with van der Waals surface area (Å²) < 4.78 is 26.2. The molecule has 0 fully saturated rings. The van der Waals surface area contributed by atoms with Crippen molar-refractivity contribution in [1.82, 2.24) is 10.2 Å². The summed E-state index contributed by atoms with van der Waals surface area (Å²) in [4.78, 5) is 27.6. The van der Waals surface area contributed by atoms with Crippen LogP contribution in [0.5, 0.6) is 0 Å². The molecule has 7 nitrogen and oxygen atoms in total. The van der Waals surface area contributed by atoms with Gasteiger partial charge in [0.05, 0.1) is 11.9 Å². The van der Waals surface area contributed by atoms with E-state index in [1.54, 1.807) is 43.3 Å². The second-order valence-electron chi connectivity index (χ2n) is 8.26. The number of aryl methyl sites for hydroxylation is 1. The molecule has 1 atom stereocenters.